The maximum atomic E-state index is 13.5. The second-order valence-corrected chi connectivity index (χ2v) is 13.4. The van der Waals surface area contributed by atoms with Gasteiger partial charge in [0.25, 0.3) is 11.8 Å². The molecule has 46 heavy (non-hydrogen) atoms. The topological polar surface area (TPSA) is 100 Å². The third kappa shape index (κ3) is 8.95. The summed E-state index contributed by atoms with van der Waals surface area (Å²) in [5.74, 6) is -1.07. The van der Waals surface area contributed by atoms with E-state index in [1.165, 1.54) is 23.1 Å². The van der Waals surface area contributed by atoms with Crippen LogP contribution in [0.3, 0.4) is 0 Å². The van der Waals surface area contributed by atoms with Gasteiger partial charge in [-0.25, -0.2) is 4.98 Å². The molecule has 0 bridgehead atoms. The predicted octanol–water partition coefficient (Wildman–Crippen LogP) is 9.14. The van der Waals surface area contributed by atoms with E-state index in [4.69, 9.17) is 11.6 Å². The molecule has 3 amide bonds. The highest BCUT2D eigenvalue weighted by Gasteiger charge is 2.21. The van der Waals surface area contributed by atoms with Crippen LogP contribution in [0.15, 0.2) is 124 Å². The Morgan fingerprint density at radius 2 is 1.67 bits per heavy atom. The third-order valence-electron chi connectivity index (χ3n) is 6.63. The van der Waals surface area contributed by atoms with Gasteiger partial charge >= 0.3 is 0 Å². The maximum Gasteiger partial charge on any atom is 0.272 e. The normalized spacial score (nSPS) is 11.8. The first-order chi connectivity index (χ1) is 22.3. The number of thiazole rings is 1. The molecule has 1 unspecified atom stereocenters. The monoisotopic (exact) mass is 730 g/mol. The van der Waals surface area contributed by atoms with Gasteiger partial charge in [-0.2, -0.15) is 0 Å². The van der Waals surface area contributed by atoms with E-state index in [1.807, 2.05) is 66.9 Å². The van der Waals surface area contributed by atoms with Gasteiger partial charge in [0.15, 0.2) is 5.13 Å². The van der Waals surface area contributed by atoms with Gasteiger partial charge in [-0.3, -0.25) is 14.4 Å². The second-order valence-electron chi connectivity index (χ2n) is 9.93. The zero-order valence-corrected chi connectivity index (χ0v) is 28.5. The number of hydrogen-bond acceptors (Lipinski definition) is 6. The van der Waals surface area contributed by atoms with Gasteiger partial charge in [0.05, 0.1) is 10.9 Å². The number of halogens is 2. The first-order valence-electron chi connectivity index (χ1n) is 14.2. The lowest BCUT2D eigenvalue weighted by Crippen LogP contribution is -2.30. The average molecular weight is 732 g/mol. The lowest BCUT2D eigenvalue weighted by molar-refractivity contribution is -0.116. The zero-order valence-electron chi connectivity index (χ0n) is 24.5. The molecule has 1 atom stereocenters. The minimum absolute atomic E-state index is 0.0830. The van der Waals surface area contributed by atoms with Crippen molar-refractivity contribution < 1.29 is 14.4 Å². The number of benzene rings is 4. The maximum absolute atomic E-state index is 13.5. The van der Waals surface area contributed by atoms with Gasteiger partial charge in [0, 0.05) is 36.6 Å². The van der Waals surface area contributed by atoms with E-state index in [0.29, 0.717) is 33.5 Å². The SMILES string of the molecule is CCC(Sc1cccc(NC(=O)/C(=C/c2ccc(Br)cc2)NC(=O)c2ccccc2)c1)C(=O)Nc1nc(-c2ccccc2Cl)cs1. The Morgan fingerprint density at radius 1 is 0.935 bits per heavy atom. The number of nitrogens with one attached hydrogen (secondary N) is 3. The van der Waals surface area contributed by atoms with E-state index in [1.54, 1.807) is 54.6 Å². The Hall–Kier alpha value is -4.22. The summed E-state index contributed by atoms with van der Waals surface area (Å²) < 4.78 is 0.894. The summed E-state index contributed by atoms with van der Waals surface area (Å²) in [4.78, 5) is 45.0. The first kappa shape index (κ1) is 33.2. The molecule has 0 saturated heterocycles. The number of rotatable bonds is 11. The fraction of sp³-hybridized carbons (Fsp3) is 0.0857. The molecule has 5 aromatic rings. The van der Waals surface area contributed by atoms with Gasteiger partial charge in [0.2, 0.25) is 5.91 Å². The predicted molar refractivity (Wildman–Crippen MR) is 192 cm³/mol. The Morgan fingerprint density at radius 3 is 2.41 bits per heavy atom. The van der Waals surface area contributed by atoms with Crippen molar-refractivity contribution in [3.8, 4) is 11.3 Å². The van der Waals surface area contributed by atoms with Crippen LogP contribution in [0.2, 0.25) is 5.02 Å². The summed E-state index contributed by atoms with van der Waals surface area (Å²) in [6.45, 7) is 1.94. The molecule has 0 fully saturated rings. The fourth-order valence-electron chi connectivity index (χ4n) is 4.31. The van der Waals surface area contributed by atoms with Gasteiger partial charge in [-0.1, -0.05) is 89.1 Å². The summed E-state index contributed by atoms with van der Waals surface area (Å²) in [6, 6.07) is 30.7. The van der Waals surface area contributed by atoms with Crippen molar-refractivity contribution in [1.29, 1.82) is 0 Å². The number of thioether (sulfide) groups is 1. The van der Waals surface area contributed by atoms with Crippen LogP contribution < -0.4 is 16.0 Å². The molecule has 232 valence electrons. The van der Waals surface area contributed by atoms with Crippen molar-refractivity contribution in [3.63, 3.8) is 0 Å². The summed E-state index contributed by atoms with van der Waals surface area (Å²) >= 11 is 12.5. The number of aromatic nitrogens is 1. The van der Waals surface area contributed by atoms with Crippen molar-refractivity contribution >= 4 is 85.2 Å². The first-order valence-corrected chi connectivity index (χ1v) is 17.1. The molecule has 0 spiro atoms. The summed E-state index contributed by atoms with van der Waals surface area (Å²) in [5.41, 5.74) is 3.27. The quantitative estimate of drug-likeness (QED) is 0.0930. The van der Waals surface area contributed by atoms with E-state index in [-0.39, 0.29) is 11.6 Å². The van der Waals surface area contributed by atoms with Gasteiger partial charge in [0.1, 0.15) is 5.70 Å². The molecular weight excluding hydrogens is 704 g/mol. The Kier molecular flexibility index (Phi) is 11.4. The van der Waals surface area contributed by atoms with Crippen LogP contribution in [0.1, 0.15) is 29.3 Å². The highest BCUT2D eigenvalue weighted by molar-refractivity contribution is 9.10. The highest BCUT2D eigenvalue weighted by atomic mass is 79.9. The van der Waals surface area contributed by atoms with E-state index < -0.39 is 17.1 Å². The van der Waals surface area contributed by atoms with Crippen LogP contribution in [-0.4, -0.2) is 28.0 Å². The van der Waals surface area contributed by atoms with Crippen molar-refractivity contribution in [2.24, 2.45) is 0 Å². The average Bonchev–Trinajstić information content (AvgIpc) is 3.53. The minimum atomic E-state index is -0.489. The van der Waals surface area contributed by atoms with Crippen LogP contribution in [-0.2, 0) is 9.59 Å². The molecule has 1 aromatic heterocycles. The molecular formula is C35H28BrClN4O3S2. The minimum Gasteiger partial charge on any atom is -0.321 e. The number of hydrogen-bond donors (Lipinski definition) is 3. The largest absolute Gasteiger partial charge is 0.321 e. The number of amides is 3. The standard InChI is InChI=1S/C35H28BrClN4O3S2/c1-2-31(34(44)41-35-40-30(21-45-35)27-13-6-7-14-28(27)37)46-26-12-8-11-25(20-26)38-33(43)29(19-22-15-17-24(36)18-16-22)39-32(42)23-9-4-3-5-10-23/h3-21,31H,2H2,1H3,(H,38,43)(H,39,42)(H,40,41,44)/b29-19-. The molecule has 7 nitrogen and oxygen atoms in total. The molecule has 11 heteroatoms. The number of carbonyl (C=O) groups is 3. The molecule has 0 aliphatic heterocycles. The molecule has 1 heterocycles. The van der Waals surface area contributed by atoms with Crippen LogP contribution in [0.25, 0.3) is 17.3 Å². The lowest BCUT2D eigenvalue weighted by Gasteiger charge is -2.15. The molecule has 3 N–H and O–H groups in total. The zero-order chi connectivity index (χ0) is 32.5. The van der Waals surface area contributed by atoms with Crippen LogP contribution in [0, 0.1) is 0 Å². The van der Waals surface area contributed by atoms with Gasteiger partial charge in [-0.15, -0.1) is 23.1 Å². The van der Waals surface area contributed by atoms with Crippen LogP contribution in [0.4, 0.5) is 10.8 Å². The van der Waals surface area contributed by atoms with Crippen molar-refractivity contribution in [3.05, 3.63) is 135 Å². The summed E-state index contributed by atoms with van der Waals surface area (Å²) in [6.07, 6.45) is 2.19. The Balaban J connectivity index is 1.27. The molecule has 0 radical (unpaired) electrons. The number of nitrogens with zero attached hydrogens (tertiary/aromatic N) is 1. The van der Waals surface area contributed by atoms with E-state index in [0.717, 1.165) is 20.5 Å². The molecule has 0 aliphatic carbocycles. The molecule has 4 aromatic carbocycles. The fourth-order valence-corrected chi connectivity index (χ4v) is 6.53. The van der Waals surface area contributed by atoms with Crippen molar-refractivity contribution in [1.82, 2.24) is 10.3 Å². The summed E-state index contributed by atoms with van der Waals surface area (Å²) in [5, 5.41) is 11.1. The third-order valence-corrected chi connectivity index (χ3v) is 9.60. The highest BCUT2D eigenvalue weighted by Crippen LogP contribution is 2.32. The van der Waals surface area contributed by atoms with Gasteiger partial charge in [-0.05, 0) is 66.6 Å². The van der Waals surface area contributed by atoms with E-state index in [2.05, 4.69) is 36.9 Å². The smallest absolute Gasteiger partial charge is 0.272 e. The van der Waals surface area contributed by atoms with E-state index in [9.17, 15) is 14.4 Å². The number of carbonyl (C=O) groups excluding carboxylic acids is 3. The van der Waals surface area contributed by atoms with E-state index >= 15 is 0 Å². The van der Waals surface area contributed by atoms with Crippen molar-refractivity contribution in [2.45, 2.75) is 23.5 Å². The van der Waals surface area contributed by atoms with Crippen LogP contribution >= 0.6 is 50.6 Å². The van der Waals surface area contributed by atoms with Gasteiger partial charge < -0.3 is 16.0 Å². The summed E-state index contributed by atoms with van der Waals surface area (Å²) in [7, 11) is 0. The molecule has 5 rings (SSSR count). The Bertz CT molecular complexity index is 1880. The van der Waals surface area contributed by atoms with Crippen LogP contribution in [0.5, 0.6) is 0 Å². The number of anilines is 2. The lowest BCUT2D eigenvalue weighted by atomic mass is 10.1. The molecule has 0 saturated carbocycles. The molecule has 0 aliphatic rings. The second kappa shape index (κ2) is 15.9. The Labute approximate surface area is 288 Å². The van der Waals surface area contributed by atoms with Crippen molar-refractivity contribution in [2.75, 3.05) is 10.6 Å².